The molecule has 0 radical (unpaired) electrons. The van der Waals surface area contributed by atoms with E-state index in [1.807, 2.05) is 26.0 Å². The molecular formula is C11H14N2O. The first-order chi connectivity index (χ1) is 6.60. The standard InChI is InChI=1S/C11H14N2O/c1-7-3-9(11(13)6-14)4-8(2)10(7)5-12/h3-4,11,14H,6,13H2,1-2H3/t11-/m0/s1. The van der Waals surface area contributed by atoms with E-state index in [9.17, 15) is 0 Å². The first-order valence-corrected chi connectivity index (χ1v) is 4.47. The molecule has 1 aromatic rings. The summed E-state index contributed by atoms with van der Waals surface area (Å²) in [4.78, 5) is 0. The van der Waals surface area contributed by atoms with E-state index in [1.165, 1.54) is 0 Å². The zero-order chi connectivity index (χ0) is 10.7. The molecule has 0 fully saturated rings. The molecule has 1 rings (SSSR count). The van der Waals surface area contributed by atoms with Crippen LogP contribution >= 0.6 is 0 Å². The minimum Gasteiger partial charge on any atom is -0.394 e. The molecule has 0 amide bonds. The van der Waals surface area contributed by atoms with Gasteiger partial charge in [-0.1, -0.05) is 12.1 Å². The Morgan fingerprint density at radius 3 is 2.29 bits per heavy atom. The zero-order valence-electron chi connectivity index (χ0n) is 8.41. The van der Waals surface area contributed by atoms with Crippen LogP contribution in [0.15, 0.2) is 12.1 Å². The number of aryl methyl sites for hydroxylation is 2. The van der Waals surface area contributed by atoms with Crippen molar-refractivity contribution < 1.29 is 5.11 Å². The van der Waals surface area contributed by atoms with Crippen molar-refractivity contribution in [2.24, 2.45) is 5.73 Å². The zero-order valence-corrected chi connectivity index (χ0v) is 8.41. The largest absolute Gasteiger partial charge is 0.394 e. The third-order valence-corrected chi connectivity index (χ3v) is 2.29. The van der Waals surface area contributed by atoms with Crippen LogP contribution in [0.5, 0.6) is 0 Å². The van der Waals surface area contributed by atoms with E-state index in [0.29, 0.717) is 5.56 Å². The molecule has 3 heteroatoms. The quantitative estimate of drug-likeness (QED) is 0.735. The highest BCUT2D eigenvalue weighted by molar-refractivity contribution is 5.46. The van der Waals surface area contributed by atoms with Crippen molar-refractivity contribution in [2.75, 3.05) is 6.61 Å². The van der Waals surface area contributed by atoms with Gasteiger partial charge in [-0.25, -0.2) is 0 Å². The molecule has 0 unspecified atom stereocenters. The maximum Gasteiger partial charge on any atom is 0.0997 e. The highest BCUT2D eigenvalue weighted by Gasteiger charge is 2.09. The van der Waals surface area contributed by atoms with Crippen LogP contribution in [0.1, 0.15) is 28.3 Å². The van der Waals surface area contributed by atoms with E-state index in [0.717, 1.165) is 16.7 Å². The third-order valence-electron chi connectivity index (χ3n) is 2.29. The Morgan fingerprint density at radius 2 is 1.93 bits per heavy atom. The SMILES string of the molecule is Cc1cc([C@@H](N)CO)cc(C)c1C#N. The molecule has 14 heavy (non-hydrogen) atoms. The molecule has 0 saturated carbocycles. The van der Waals surface area contributed by atoms with Gasteiger partial charge in [0, 0.05) is 0 Å². The fourth-order valence-corrected chi connectivity index (χ4v) is 1.49. The van der Waals surface area contributed by atoms with Crippen molar-refractivity contribution in [1.29, 1.82) is 5.26 Å². The van der Waals surface area contributed by atoms with Crippen molar-refractivity contribution in [2.45, 2.75) is 19.9 Å². The summed E-state index contributed by atoms with van der Waals surface area (Å²) in [7, 11) is 0. The summed E-state index contributed by atoms with van der Waals surface area (Å²) in [5, 5.41) is 17.8. The van der Waals surface area contributed by atoms with Gasteiger partial charge in [0.25, 0.3) is 0 Å². The van der Waals surface area contributed by atoms with Gasteiger partial charge in [-0.2, -0.15) is 5.26 Å². The Labute approximate surface area is 83.8 Å². The summed E-state index contributed by atoms with van der Waals surface area (Å²) in [5.41, 5.74) is 9.08. The number of rotatable bonds is 2. The maximum atomic E-state index is 8.91. The lowest BCUT2D eigenvalue weighted by molar-refractivity contribution is 0.268. The Hall–Kier alpha value is -1.37. The minimum absolute atomic E-state index is 0.0786. The van der Waals surface area contributed by atoms with E-state index in [-0.39, 0.29) is 12.6 Å². The van der Waals surface area contributed by atoms with E-state index in [1.54, 1.807) is 0 Å². The predicted molar refractivity (Wildman–Crippen MR) is 54.6 cm³/mol. The second-order valence-corrected chi connectivity index (χ2v) is 3.43. The van der Waals surface area contributed by atoms with Crippen molar-refractivity contribution in [1.82, 2.24) is 0 Å². The minimum atomic E-state index is -0.361. The fourth-order valence-electron chi connectivity index (χ4n) is 1.49. The smallest absolute Gasteiger partial charge is 0.0997 e. The Balaban J connectivity index is 3.22. The Kier molecular flexibility index (Phi) is 3.23. The summed E-state index contributed by atoms with van der Waals surface area (Å²) in [5.74, 6) is 0. The molecular weight excluding hydrogens is 176 g/mol. The summed E-state index contributed by atoms with van der Waals surface area (Å²) in [6.07, 6.45) is 0. The number of nitrogens with zero attached hydrogens (tertiary/aromatic N) is 1. The van der Waals surface area contributed by atoms with E-state index < -0.39 is 0 Å². The summed E-state index contributed by atoms with van der Waals surface area (Å²) < 4.78 is 0. The van der Waals surface area contributed by atoms with Crippen LogP contribution in [-0.4, -0.2) is 11.7 Å². The van der Waals surface area contributed by atoms with Crippen molar-refractivity contribution in [3.63, 3.8) is 0 Å². The highest BCUT2D eigenvalue weighted by atomic mass is 16.3. The van der Waals surface area contributed by atoms with Gasteiger partial charge >= 0.3 is 0 Å². The van der Waals surface area contributed by atoms with Crippen molar-refractivity contribution >= 4 is 0 Å². The summed E-state index contributed by atoms with van der Waals surface area (Å²) >= 11 is 0. The normalized spacial score (nSPS) is 12.2. The van der Waals surface area contributed by atoms with Crippen LogP contribution in [0.25, 0.3) is 0 Å². The molecule has 0 heterocycles. The van der Waals surface area contributed by atoms with Gasteiger partial charge in [-0.3, -0.25) is 0 Å². The number of aliphatic hydroxyl groups excluding tert-OH is 1. The van der Waals surface area contributed by atoms with Crippen LogP contribution in [-0.2, 0) is 0 Å². The Bertz CT molecular complexity index is 356. The molecule has 0 aliphatic rings. The van der Waals surface area contributed by atoms with E-state index in [2.05, 4.69) is 6.07 Å². The molecule has 0 spiro atoms. The van der Waals surface area contributed by atoms with Crippen molar-refractivity contribution in [3.8, 4) is 6.07 Å². The van der Waals surface area contributed by atoms with Crippen molar-refractivity contribution in [3.05, 3.63) is 34.4 Å². The third kappa shape index (κ3) is 1.92. The van der Waals surface area contributed by atoms with Crippen LogP contribution in [0.4, 0.5) is 0 Å². The van der Waals surface area contributed by atoms with Gasteiger partial charge in [0.15, 0.2) is 0 Å². The first kappa shape index (κ1) is 10.7. The molecule has 0 aromatic heterocycles. The first-order valence-electron chi connectivity index (χ1n) is 4.47. The predicted octanol–water partition coefficient (Wildman–Crippen LogP) is 1.17. The average Bonchev–Trinajstić information content (AvgIpc) is 2.16. The Morgan fingerprint density at radius 1 is 1.43 bits per heavy atom. The summed E-state index contributed by atoms with van der Waals surface area (Å²) in [6.45, 7) is 3.67. The lowest BCUT2D eigenvalue weighted by Gasteiger charge is -2.12. The number of hydrogen-bond donors (Lipinski definition) is 2. The molecule has 0 aliphatic heterocycles. The lowest BCUT2D eigenvalue weighted by atomic mass is 9.97. The fraction of sp³-hybridized carbons (Fsp3) is 0.364. The molecule has 3 nitrogen and oxygen atoms in total. The van der Waals surface area contributed by atoms with Gasteiger partial charge in [0.05, 0.1) is 24.3 Å². The van der Waals surface area contributed by atoms with Crippen LogP contribution in [0, 0.1) is 25.2 Å². The number of nitriles is 1. The molecule has 0 saturated heterocycles. The topological polar surface area (TPSA) is 70.0 Å². The van der Waals surface area contributed by atoms with Gasteiger partial charge < -0.3 is 10.8 Å². The maximum absolute atomic E-state index is 8.91. The highest BCUT2D eigenvalue weighted by Crippen LogP contribution is 2.19. The summed E-state index contributed by atoms with van der Waals surface area (Å²) in [6, 6.07) is 5.49. The number of hydrogen-bond acceptors (Lipinski definition) is 3. The molecule has 0 aliphatic carbocycles. The average molecular weight is 190 g/mol. The molecule has 1 atom stereocenters. The monoisotopic (exact) mass is 190 g/mol. The number of aliphatic hydroxyl groups is 1. The second kappa shape index (κ2) is 4.23. The van der Waals surface area contributed by atoms with Crippen LogP contribution in [0.3, 0.4) is 0 Å². The molecule has 74 valence electrons. The van der Waals surface area contributed by atoms with Gasteiger partial charge in [-0.15, -0.1) is 0 Å². The van der Waals surface area contributed by atoms with Crippen LogP contribution < -0.4 is 5.73 Å². The second-order valence-electron chi connectivity index (χ2n) is 3.43. The lowest BCUT2D eigenvalue weighted by Crippen LogP contribution is -2.15. The number of benzene rings is 1. The van der Waals surface area contributed by atoms with E-state index in [4.69, 9.17) is 16.1 Å². The van der Waals surface area contributed by atoms with E-state index >= 15 is 0 Å². The van der Waals surface area contributed by atoms with Crippen LogP contribution in [0.2, 0.25) is 0 Å². The molecule has 3 N–H and O–H groups in total. The van der Waals surface area contributed by atoms with Gasteiger partial charge in [0.1, 0.15) is 0 Å². The van der Waals surface area contributed by atoms with Gasteiger partial charge in [-0.05, 0) is 30.5 Å². The number of nitrogens with two attached hydrogens (primary N) is 1. The molecule has 1 aromatic carbocycles. The molecule has 0 bridgehead atoms. The van der Waals surface area contributed by atoms with Gasteiger partial charge in [0.2, 0.25) is 0 Å².